The third-order valence-corrected chi connectivity index (χ3v) is 5.17. The highest BCUT2D eigenvalue weighted by molar-refractivity contribution is 8.00. The molecule has 0 radical (unpaired) electrons. The van der Waals surface area contributed by atoms with Crippen LogP contribution in [-0.2, 0) is 10.2 Å². The molecule has 0 saturated carbocycles. The molecule has 2 nitrogen and oxygen atoms in total. The number of carbonyl (C=O) groups is 1. The fraction of sp³-hybridized carbons (Fsp3) is 0.381. The SMILES string of the molecule is C[C@H](Sc1ccccc1)C(=O)N[C@@H](C)c1ccc(C(C)(C)C)cc1. The average molecular weight is 342 g/mol. The van der Waals surface area contributed by atoms with E-state index in [1.54, 1.807) is 11.8 Å². The van der Waals surface area contributed by atoms with Crippen LogP contribution in [0.25, 0.3) is 0 Å². The first kappa shape index (κ1) is 18.6. The van der Waals surface area contributed by atoms with Crippen molar-refractivity contribution in [3.8, 4) is 0 Å². The van der Waals surface area contributed by atoms with Crippen LogP contribution < -0.4 is 5.32 Å². The highest BCUT2D eigenvalue weighted by Crippen LogP contribution is 2.25. The van der Waals surface area contributed by atoms with Crippen LogP contribution in [0.4, 0.5) is 0 Å². The van der Waals surface area contributed by atoms with Gasteiger partial charge in [0.05, 0.1) is 11.3 Å². The zero-order valence-corrected chi connectivity index (χ0v) is 16.0. The molecule has 0 spiro atoms. The Labute approximate surface area is 150 Å². The molecule has 2 rings (SSSR count). The van der Waals surface area contributed by atoms with Crippen LogP contribution in [0.3, 0.4) is 0 Å². The maximum Gasteiger partial charge on any atom is 0.233 e. The van der Waals surface area contributed by atoms with Gasteiger partial charge in [0.25, 0.3) is 0 Å². The summed E-state index contributed by atoms with van der Waals surface area (Å²) in [6, 6.07) is 18.6. The molecule has 0 aromatic heterocycles. The smallest absolute Gasteiger partial charge is 0.233 e. The van der Waals surface area contributed by atoms with Gasteiger partial charge in [-0.2, -0.15) is 0 Å². The van der Waals surface area contributed by atoms with Crippen molar-refractivity contribution in [2.75, 3.05) is 0 Å². The molecule has 1 N–H and O–H groups in total. The van der Waals surface area contributed by atoms with Crippen molar-refractivity contribution in [3.63, 3.8) is 0 Å². The van der Waals surface area contributed by atoms with Crippen LogP contribution in [0.15, 0.2) is 59.5 Å². The van der Waals surface area contributed by atoms with E-state index in [9.17, 15) is 4.79 Å². The second-order valence-electron chi connectivity index (χ2n) is 7.18. The minimum atomic E-state index is -0.122. The molecule has 0 fully saturated rings. The molecule has 0 aliphatic heterocycles. The lowest BCUT2D eigenvalue weighted by Gasteiger charge is -2.21. The predicted octanol–water partition coefficient (Wildman–Crippen LogP) is 5.34. The average Bonchev–Trinajstić information content (AvgIpc) is 2.55. The Bertz CT molecular complexity index is 658. The van der Waals surface area contributed by atoms with Crippen molar-refractivity contribution in [3.05, 3.63) is 65.7 Å². The summed E-state index contributed by atoms with van der Waals surface area (Å²) in [7, 11) is 0. The minimum absolute atomic E-state index is 0.00495. The van der Waals surface area contributed by atoms with E-state index in [-0.39, 0.29) is 22.6 Å². The van der Waals surface area contributed by atoms with Crippen molar-refractivity contribution in [2.45, 2.75) is 56.2 Å². The minimum Gasteiger partial charge on any atom is -0.349 e. The van der Waals surface area contributed by atoms with E-state index in [0.29, 0.717) is 0 Å². The van der Waals surface area contributed by atoms with Gasteiger partial charge in [-0.05, 0) is 42.5 Å². The standard InChI is InChI=1S/C21H27NOS/c1-15(17-11-13-18(14-12-17)21(3,4)5)22-20(23)16(2)24-19-9-7-6-8-10-19/h6-16H,1-5H3,(H,22,23)/t15-,16-/m0/s1. The van der Waals surface area contributed by atoms with Crippen LogP contribution in [0.1, 0.15) is 51.8 Å². The first-order chi connectivity index (χ1) is 11.3. The van der Waals surface area contributed by atoms with Crippen molar-refractivity contribution in [2.24, 2.45) is 0 Å². The third-order valence-electron chi connectivity index (χ3n) is 4.06. The van der Waals surface area contributed by atoms with Crippen LogP contribution in [-0.4, -0.2) is 11.2 Å². The van der Waals surface area contributed by atoms with E-state index < -0.39 is 0 Å². The first-order valence-electron chi connectivity index (χ1n) is 8.40. The van der Waals surface area contributed by atoms with Gasteiger partial charge in [0, 0.05) is 4.90 Å². The summed E-state index contributed by atoms with van der Waals surface area (Å²) in [5.74, 6) is 0.0660. The van der Waals surface area contributed by atoms with E-state index >= 15 is 0 Å². The number of benzene rings is 2. The Balaban J connectivity index is 1.95. The molecule has 0 aliphatic rings. The van der Waals surface area contributed by atoms with Crippen LogP contribution >= 0.6 is 11.8 Å². The number of hydrogen-bond acceptors (Lipinski definition) is 2. The summed E-state index contributed by atoms with van der Waals surface area (Å²) in [6.07, 6.45) is 0. The summed E-state index contributed by atoms with van der Waals surface area (Å²) >= 11 is 1.58. The topological polar surface area (TPSA) is 29.1 Å². The van der Waals surface area contributed by atoms with Crippen molar-refractivity contribution < 1.29 is 4.79 Å². The Morgan fingerprint density at radius 1 is 0.958 bits per heavy atom. The highest BCUT2D eigenvalue weighted by atomic mass is 32.2. The summed E-state index contributed by atoms with van der Waals surface area (Å²) in [5.41, 5.74) is 2.58. The molecule has 0 bridgehead atoms. The second-order valence-corrected chi connectivity index (χ2v) is 8.59. The predicted molar refractivity (Wildman–Crippen MR) is 103 cm³/mol. The number of rotatable bonds is 5. The van der Waals surface area contributed by atoms with Gasteiger partial charge in [0.1, 0.15) is 0 Å². The summed E-state index contributed by atoms with van der Waals surface area (Å²) in [5, 5.41) is 2.99. The molecule has 2 aromatic rings. The van der Waals surface area contributed by atoms with Gasteiger partial charge < -0.3 is 5.32 Å². The summed E-state index contributed by atoms with van der Waals surface area (Å²) in [6.45, 7) is 10.6. The second kappa shape index (κ2) is 7.89. The first-order valence-corrected chi connectivity index (χ1v) is 9.28. The Morgan fingerprint density at radius 3 is 2.08 bits per heavy atom. The van der Waals surface area contributed by atoms with Crippen molar-refractivity contribution >= 4 is 17.7 Å². The zero-order chi connectivity index (χ0) is 17.7. The van der Waals surface area contributed by atoms with E-state index in [0.717, 1.165) is 10.5 Å². The largest absolute Gasteiger partial charge is 0.349 e. The van der Waals surface area contributed by atoms with Gasteiger partial charge in [-0.1, -0.05) is 63.2 Å². The molecule has 0 unspecified atom stereocenters. The van der Waals surface area contributed by atoms with Gasteiger partial charge in [-0.25, -0.2) is 0 Å². The monoisotopic (exact) mass is 341 g/mol. The molecule has 24 heavy (non-hydrogen) atoms. The van der Waals surface area contributed by atoms with Crippen LogP contribution in [0.2, 0.25) is 0 Å². The number of thioether (sulfide) groups is 1. The maximum absolute atomic E-state index is 12.4. The van der Waals surface area contributed by atoms with Gasteiger partial charge in [-0.3, -0.25) is 4.79 Å². The van der Waals surface area contributed by atoms with Gasteiger partial charge in [-0.15, -0.1) is 11.8 Å². The van der Waals surface area contributed by atoms with Crippen LogP contribution in [0, 0.1) is 0 Å². The summed E-state index contributed by atoms with van der Waals surface area (Å²) < 4.78 is 0. The summed E-state index contributed by atoms with van der Waals surface area (Å²) in [4.78, 5) is 13.5. The lowest BCUT2D eigenvalue weighted by atomic mass is 9.86. The lowest BCUT2D eigenvalue weighted by Crippen LogP contribution is -2.33. The maximum atomic E-state index is 12.4. The molecule has 0 saturated heterocycles. The van der Waals surface area contributed by atoms with E-state index in [1.165, 1.54) is 5.56 Å². The van der Waals surface area contributed by atoms with Crippen molar-refractivity contribution in [1.29, 1.82) is 0 Å². The molecule has 1 amide bonds. The Kier molecular flexibility index (Phi) is 6.11. The van der Waals surface area contributed by atoms with Crippen molar-refractivity contribution in [1.82, 2.24) is 5.32 Å². The fourth-order valence-corrected chi connectivity index (χ4v) is 3.34. The highest BCUT2D eigenvalue weighted by Gasteiger charge is 2.18. The van der Waals surface area contributed by atoms with E-state index in [2.05, 4.69) is 50.4 Å². The number of carbonyl (C=O) groups excluding carboxylic acids is 1. The third kappa shape index (κ3) is 5.13. The molecule has 2 aromatic carbocycles. The van der Waals surface area contributed by atoms with Gasteiger partial charge in [0.15, 0.2) is 0 Å². The molecule has 2 atom stereocenters. The Morgan fingerprint density at radius 2 is 1.54 bits per heavy atom. The number of nitrogens with one attached hydrogen (secondary N) is 1. The fourth-order valence-electron chi connectivity index (χ4n) is 2.44. The normalized spacial score (nSPS) is 14.0. The molecular weight excluding hydrogens is 314 g/mol. The zero-order valence-electron chi connectivity index (χ0n) is 15.2. The molecular formula is C21H27NOS. The molecule has 0 aliphatic carbocycles. The van der Waals surface area contributed by atoms with E-state index in [1.807, 2.05) is 44.2 Å². The van der Waals surface area contributed by atoms with Crippen LogP contribution in [0.5, 0.6) is 0 Å². The molecule has 3 heteroatoms. The Hall–Kier alpha value is -1.74. The van der Waals surface area contributed by atoms with Gasteiger partial charge >= 0.3 is 0 Å². The van der Waals surface area contributed by atoms with Gasteiger partial charge in [0.2, 0.25) is 5.91 Å². The number of amides is 1. The molecule has 128 valence electrons. The lowest BCUT2D eigenvalue weighted by molar-refractivity contribution is -0.120. The van der Waals surface area contributed by atoms with E-state index in [4.69, 9.17) is 0 Å². The quantitative estimate of drug-likeness (QED) is 0.744. The number of hydrogen-bond donors (Lipinski definition) is 1. The molecule has 0 heterocycles.